The van der Waals surface area contributed by atoms with Crippen LogP contribution in [0.2, 0.25) is 0 Å². The first-order valence-electron chi connectivity index (χ1n) is 6.80. The van der Waals surface area contributed by atoms with E-state index in [0.717, 1.165) is 16.6 Å². The SMILES string of the molecule is Cc1cc2nc(N)n(Cc3cccc(C#N)c3)c2cc1C. The molecule has 4 nitrogen and oxygen atoms in total. The lowest BCUT2D eigenvalue weighted by atomic mass is 10.1. The summed E-state index contributed by atoms with van der Waals surface area (Å²) in [5.41, 5.74) is 12.1. The normalized spacial score (nSPS) is 10.7. The fourth-order valence-electron chi connectivity index (χ4n) is 2.49. The van der Waals surface area contributed by atoms with Crippen molar-refractivity contribution >= 4 is 17.0 Å². The molecule has 3 rings (SSSR count). The molecular weight excluding hydrogens is 260 g/mol. The van der Waals surface area contributed by atoms with Crippen LogP contribution in [0.15, 0.2) is 36.4 Å². The molecule has 0 radical (unpaired) electrons. The van der Waals surface area contributed by atoms with Crippen LogP contribution >= 0.6 is 0 Å². The topological polar surface area (TPSA) is 67.6 Å². The quantitative estimate of drug-likeness (QED) is 0.781. The van der Waals surface area contributed by atoms with Crippen LogP contribution in [0.25, 0.3) is 11.0 Å². The van der Waals surface area contributed by atoms with Crippen LogP contribution < -0.4 is 5.73 Å². The lowest BCUT2D eigenvalue weighted by Crippen LogP contribution is -2.04. The predicted molar refractivity (Wildman–Crippen MR) is 83.9 cm³/mol. The van der Waals surface area contributed by atoms with Crippen LogP contribution in [0, 0.1) is 25.2 Å². The molecule has 0 aliphatic rings. The Morgan fingerprint density at radius 2 is 1.95 bits per heavy atom. The Bertz CT molecular complexity index is 868. The van der Waals surface area contributed by atoms with E-state index >= 15 is 0 Å². The molecule has 0 spiro atoms. The van der Waals surface area contributed by atoms with Crippen molar-refractivity contribution in [2.24, 2.45) is 0 Å². The lowest BCUT2D eigenvalue weighted by Gasteiger charge is -2.08. The highest BCUT2D eigenvalue weighted by Crippen LogP contribution is 2.23. The Balaban J connectivity index is 2.10. The number of imidazole rings is 1. The van der Waals surface area contributed by atoms with Crippen LogP contribution in [0.4, 0.5) is 5.95 Å². The van der Waals surface area contributed by atoms with Gasteiger partial charge in [-0.15, -0.1) is 0 Å². The molecule has 0 fully saturated rings. The van der Waals surface area contributed by atoms with Crippen molar-refractivity contribution in [3.8, 4) is 6.07 Å². The molecule has 0 unspecified atom stereocenters. The van der Waals surface area contributed by atoms with E-state index in [9.17, 15) is 0 Å². The average Bonchev–Trinajstić information content (AvgIpc) is 2.76. The number of nitrogens with zero attached hydrogens (tertiary/aromatic N) is 3. The van der Waals surface area contributed by atoms with Crippen LogP contribution in [-0.2, 0) is 6.54 Å². The van der Waals surface area contributed by atoms with Crippen LogP contribution in [0.5, 0.6) is 0 Å². The van der Waals surface area contributed by atoms with E-state index in [0.29, 0.717) is 18.1 Å². The van der Waals surface area contributed by atoms with E-state index in [4.69, 9.17) is 11.0 Å². The van der Waals surface area contributed by atoms with E-state index in [1.807, 2.05) is 22.8 Å². The monoisotopic (exact) mass is 276 g/mol. The molecule has 2 N–H and O–H groups in total. The molecular formula is C17H16N4. The van der Waals surface area contributed by atoms with Gasteiger partial charge in [-0.1, -0.05) is 12.1 Å². The molecule has 0 saturated carbocycles. The highest BCUT2D eigenvalue weighted by Gasteiger charge is 2.10. The Morgan fingerprint density at radius 1 is 1.19 bits per heavy atom. The molecule has 0 aliphatic heterocycles. The summed E-state index contributed by atoms with van der Waals surface area (Å²) in [5.74, 6) is 0.498. The van der Waals surface area contributed by atoms with Gasteiger partial charge in [0.25, 0.3) is 0 Å². The van der Waals surface area contributed by atoms with E-state index in [2.05, 4.69) is 37.0 Å². The molecule has 1 heterocycles. The van der Waals surface area contributed by atoms with Gasteiger partial charge in [-0.05, 0) is 54.8 Å². The van der Waals surface area contributed by atoms with Gasteiger partial charge in [0.1, 0.15) is 0 Å². The highest BCUT2D eigenvalue weighted by atomic mass is 15.1. The summed E-state index contributed by atoms with van der Waals surface area (Å²) in [4.78, 5) is 4.43. The zero-order valence-corrected chi connectivity index (χ0v) is 12.1. The number of aryl methyl sites for hydroxylation is 2. The minimum absolute atomic E-state index is 0.498. The first-order chi connectivity index (χ1) is 10.1. The predicted octanol–water partition coefficient (Wildman–Crippen LogP) is 3.16. The Labute approximate surface area is 123 Å². The van der Waals surface area contributed by atoms with Gasteiger partial charge < -0.3 is 10.3 Å². The maximum atomic E-state index is 8.99. The first kappa shape index (κ1) is 13.2. The molecule has 0 bridgehead atoms. The molecule has 3 aromatic rings. The molecule has 0 atom stereocenters. The van der Waals surface area contributed by atoms with Crippen molar-refractivity contribution in [1.29, 1.82) is 5.26 Å². The second kappa shape index (κ2) is 4.95. The van der Waals surface area contributed by atoms with Crippen molar-refractivity contribution in [2.45, 2.75) is 20.4 Å². The number of anilines is 1. The van der Waals surface area contributed by atoms with Gasteiger partial charge in [-0.25, -0.2) is 4.98 Å². The lowest BCUT2D eigenvalue weighted by molar-refractivity contribution is 0.837. The Morgan fingerprint density at radius 3 is 2.71 bits per heavy atom. The standard InChI is InChI=1S/C17H16N4/c1-11-6-15-16(7-12(11)2)21(17(19)20-15)10-14-5-3-4-13(8-14)9-18/h3-8H,10H2,1-2H3,(H2,19,20). The molecule has 0 amide bonds. The largest absolute Gasteiger partial charge is 0.369 e. The van der Waals surface area contributed by atoms with Gasteiger partial charge >= 0.3 is 0 Å². The minimum Gasteiger partial charge on any atom is -0.369 e. The van der Waals surface area contributed by atoms with Gasteiger partial charge in [0.15, 0.2) is 0 Å². The Hall–Kier alpha value is -2.80. The number of rotatable bonds is 2. The number of nitrogens with two attached hydrogens (primary N) is 1. The first-order valence-corrected chi connectivity index (χ1v) is 6.80. The molecule has 4 heteroatoms. The van der Waals surface area contributed by atoms with Gasteiger partial charge in [0, 0.05) is 0 Å². The van der Waals surface area contributed by atoms with E-state index in [1.54, 1.807) is 6.07 Å². The van der Waals surface area contributed by atoms with E-state index < -0.39 is 0 Å². The van der Waals surface area contributed by atoms with Gasteiger partial charge in [0.05, 0.1) is 29.2 Å². The summed E-state index contributed by atoms with van der Waals surface area (Å²) in [7, 11) is 0. The summed E-state index contributed by atoms with van der Waals surface area (Å²) in [5, 5.41) is 8.99. The number of hydrogen-bond donors (Lipinski definition) is 1. The molecule has 21 heavy (non-hydrogen) atoms. The molecule has 0 aliphatic carbocycles. The van der Waals surface area contributed by atoms with E-state index in [-0.39, 0.29) is 0 Å². The fraction of sp³-hybridized carbons (Fsp3) is 0.176. The maximum absolute atomic E-state index is 8.99. The van der Waals surface area contributed by atoms with Crippen molar-refractivity contribution in [3.05, 3.63) is 58.7 Å². The second-order valence-corrected chi connectivity index (χ2v) is 5.29. The van der Waals surface area contributed by atoms with Crippen molar-refractivity contribution < 1.29 is 0 Å². The molecule has 2 aromatic carbocycles. The van der Waals surface area contributed by atoms with Crippen LogP contribution in [0.1, 0.15) is 22.3 Å². The molecule has 1 aromatic heterocycles. The highest BCUT2D eigenvalue weighted by molar-refractivity contribution is 5.80. The van der Waals surface area contributed by atoms with Gasteiger partial charge in [-0.3, -0.25) is 0 Å². The summed E-state index contributed by atoms with van der Waals surface area (Å²) in [6.07, 6.45) is 0. The second-order valence-electron chi connectivity index (χ2n) is 5.29. The fourth-order valence-corrected chi connectivity index (χ4v) is 2.49. The van der Waals surface area contributed by atoms with Crippen molar-refractivity contribution in [2.75, 3.05) is 5.73 Å². The number of nitrogen functional groups attached to an aromatic ring is 1. The molecule has 104 valence electrons. The maximum Gasteiger partial charge on any atom is 0.201 e. The minimum atomic E-state index is 0.498. The number of hydrogen-bond acceptors (Lipinski definition) is 3. The zero-order chi connectivity index (χ0) is 15.0. The summed E-state index contributed by atoms with van der Waals surface area (Å²) in [6, 6.07) is 13.9. The number of benzene rings is 2. The van der Waals surface area contributed by atoms with E-state index in [1.165, 1.54) is 11.1 Å². The van der Waals surface area contributed by atoms with Crippen molar-refractivity contribution in [3.63, 3.8) is 0 Å². The summed E-state index contributed by atoms with van der Waals surface area (Å²) < 4.78 is 1.98. The third-order valence-corrected chi connectivity index (χ3v) is 3.79. The van der Waals surface area contributed by atoms with Gasteiger partial charge in [-0.2, -0.15) is 5.26 Å². The number of nitriles is 1. The third kappa shape index (κ3) is 2.34. The van der Waals surface area contributed by atoms with Crippen LogP contribution in [0.3, 0.4) is 0 Å². The number of fused-ring (bicyclic) bond motifs is 1. The Kier molecular flexibility index (Phi) is 3.11. The number of aromatic nitrogens is 2. The van der Waals surface area contributed by atoms with Crippen LogP contribution in [-0.4, -0.2) is 9.55 Å². The molecule has 0 saturated heterocycles. The zero-order valence-electron chi connectivity index (χ0n) is 12.1. The summed E-state index contributed by atoms with van der Waals surface area (Å²) >= 11 is 0. The average molecular weight is 276 g/mol. The summed E-state index contributed by atoms with van der Waals surface area (Å²) in [6.45, 7) is 4.76. The third-order valence-electron chi connectivity index (χ3n) is 3.79. The smallest absolute Gasteiger partial charge is 0.201 e. The van der Waals surface area contributed by atoms with Crippen molar-refractivity contribution in [1.82, 2.24) is 9.55 Å². The van der Waals surface area contributed by atoms with Gasteiger partial charge in [0.2, 0.25) is 5.95 Å².